The molecule has 0 aromatic carbocycles. The van der Waals surface area contributed by atoms with Gasteiger partial charge in [-0.15, -0.1) is 0 Å². The molecule has 19 heavy (non-hydrogen) atoms. The Bertz CT molecular complexity index is 427. The number of hydrogen-bond acceptors (Lipinski definition) is 4. The van der Waals surface area contributed by atoms with Gasteiger partial charge in [-0.3, -0.25) is 0 Å². The van der Waals surface area contributed by atoms with Crippen LogP contribution in [0.4, 0.5) is 5.82 Å². The molecule has 2 unspecified atom stereocenters. The minimum Gasteiger partial charge on any atom is -0.352 e. The zero-order valence-corrected chi connectivity index (χ0v) is 13.4. The van der Waals surface area contributed by atoms with E-state index in [9.17, 15) is 0 Å². The summed E-state index contributed by atoms with van der Waals surface area (Å²) in [4.78, 5) is 6.91. The SMILES string of the molecule is CCNCc1cc(N2CCSC(C)C2C)ncc1Cl. The number of nitrogens with zero attached hydrogens (tertiary/aromatic N) is 2. The molecule has 0 amide bonds. The first-order chi connectivity index (χ1) is 9.13. The summed E-state index contributed by atoms with van der Waals surface area (Å²) < 4.78 is 0. The van der Waals surface area contributed by atoms with E-state index in [2.05, 4.69) is 42.0 Å². The van der Waals surface area contributed by atoms with Gasteiger partial charge >= 0.3 is 0 Å². The number of rotatable bonds is 4. The fourth-order valence-electron chi connectivity index (χ4n) is 2.28. The summed E-state index contributed by atoms with van der Waals surface area (Å²) in [7, 11) is 0. The molecule has 1 aliphatic heterocycles. The van der Waals surface area contributed by atoms with Crippen LogP contribution in [0.25, 0.3) is 0 Å². The third-order valence-corrected chi connectivity index (χ3v) is 5.34. The van der Waals surface area contributed by atoms with Gasteiger partial charge in [0, 0.05) is 36.3 Å². The van der Waals surface area contributed by atoms with E-state index >= 15 is 0 Å². The molecule has 106 valence electrons. The molecule has 2 atom stereocenters. The maximum absolute atomic E-state index is 6.21. The van der Waals surface area contributed by atoms with Crippen LogP contribution in [-0.4, -0.2) is 35.1 Å². The van der Waals surface area contributed by atoms with Crippen LogP contribution >= 0.6 is 23.4 Å². The molecule has 0 spiro atoms. The van der Waals surface area contributed by atoms with Gasteiger partial charge in [0.25, 0.3) is 0 Å². The lowest BCUT2D eigenvalue weighted by Crippen LogP contribution is -2.45. The first kappa shape index (κ1) is 14.9. The van der Waals surface area contributed by atoms with Gasteiger partial charge in [0.1, 0.15) is 5.82 Å². The predicted octanol–water partition coefficient (Wildman–Crippen LogP) is 3.17. The average molecular weight is 300 g/mol. The van der Waals surface area contributed by atoms with Crippen molar-refractivity contribution in [3.8, 4) is 0 Å². The molecule has 0 saturated carbocycles. The van der Waals surface area contributed by atoms with Crippen LogP contribution < -0.4 is 10.2 Å². The molecular weight excluding hydrogens is 278 g/mol. The van der Waals surface area contributed by atoms with Crippen molar-refractivity contribution in [2.24, 2.45) is 0 Å². The summed E-state index contributed by atoms with van der Waals surface area (Å²) in [6, 6.07) is 2.64. The van der Waals surface area contributed by atoms with Crippen molar-refractivity contribution in [1.82, 2.24) is 10.3 Å². The van der Waals surface area contributed by atoms with Crippen molar-refractivity contribution >= 4 is 29.2 Å². The second kappa shape index (κ2) is 6.82. The standard InChI is InChI=1S/C14H22ClN3S/c1-4-16-8-12-7-14(17-9-13(12)15)18-5-6-19-11(3)10(18)2/h7,9-11,16H,4-6,8H2,1-3H3. The molecule has 1 aromatic rings. The van der Waals surface area contributed by atoms with Crippen LogP contribution in [0.3, 0.4) is 0 Å². The predicted molar refractivity (Wildman–Crippen MR) is 85.4 cm³/mol. The number of hydrogen-bond donors (Lipinski definition) is 1. The minimum atomic E-state index is 0.513. The molecule has 1 fully saturated rings. The number of halogens is 1. The van der Waals surface area contributed by atoms with Crippen LogP contribution in [0, 0.1) is 0 Å². The largest absolute Gasteiger partial charge is 0.352 e. The molecule has 3 nitrogen and oxygen atoms in total. The third kappa shape index (κ3) is 3.56. The maximum atomic E-state index is 6.21. The normalized spacial score (nSPS) is 23.7. The molecule has 5 heteroatoms. The summed E-state index contributed by atoms with van der Waals surface area (Å²) in [5.74, 6) is 2.22. The highest BCUT2D eigenvalue weighted by molar-refractivity contribution is 8.00. The molecule has 2 rings (SSSR count). The Hall–Kier alpha value is -0.450. The van der Waals surface area contributed by atoms with Crippen LogP contribution in [0.1, 0.15) is 26.3 Å². The number of pyridine rings is 1. The second-order valence-electron chi connectivity index (χ2n) is 4.92. The van der Waals surface area contributed by atoms with Gasteiger partial charge in [-0.2, -0.15) is 11.8 Å². The number of anilines is 1. The van der Waals surface area contributed by atoms with Gasteiger partial charge in [-0.1, -0.05) is 25.4 Å². The lowest BCUT2D eigenvalue weighted by atomic mass is 10.2. The van der Waals surface area contributed by atoms with Crippen LogP contribution in [0.2, 0.25) is 5.02 Å². The van der Waals surface area contributed by atoms with Gasteiger partial charge < -0.3 is 10.2 Å². The Labute approximate surface area is 125 Å². The van der Waals surface area contributed by atoms with Crippen LogP contribution in [0.15, 0.2) is 12.3 Å². The summed E-state index contributed by atoms with van der Waals surface area (Å²) in [6.45, 7) is 9.47. The first-order valence-electron chi connectivity index (χ1n) is 6.87. The smallest absolute Gasteiger partial charge is 0.129 e. The summed E-state index contributed by atoms with van der Waals surface area (Å²) >= 11 is 8.25. The van der Waals surface area contributed by atoms with E-state index in [1.165, 1.54) is 5.75 Å². The van der Waals surface area contributed by atoms with Gasteiger partial charge in [-0.05, 0) is 25.1 Å². The van der Waals surface area contributed by atoms with Gasteiger partial charge in [0.15, 0.2) is 0 Å². The Morgan fingerprint density at radius 1 is 1.53 bits per heavy atom. The van der Waals surface area contributed by atoms with E-state index in [0.717, 1.165) is 36.0 Å². The van der Waals surface area contributed by atoms with Crippen molar-refractivity contribution in [2.45, 2.75) is 38.6 Å². The highest BCUT2D eigenvalue weighted by Crippen LogP contribution is 2.29. The number of thioether (sulfide) groups is 1. The van der Waals surface area contributed by atoms with Gasteiger partial charge in [0.05, 0.1) is 5.02 Å². The first-order valence-corrected chi connectivity index (χ1v) is 8.29. The van der Waals surface area contributed by atoms with E-state index in [1.54, 1.807) is 6.20 Å². The topological polar surface area (TPSA) is 28.2 Å². The monoisotopic (exact) mass is 299 g/mol. The molecule has 1 N–H and O–H groups in total. The lowest BCUT2D eigenvalue weighted by molar-refractivity contribution is 0.619. The third-order valence-electron chi connectivity index (χ3n) is 3.66. The zero-order valence-electron chi connectivity index (χ0n) is 11.8. The van der Waals surface area contributed by atoms with Gasteiger partial charge in [0.2, 0.25) is 0 Å². The number of aromatic nitrogens is 1. The molecule has 1 aliphatic rings. The van der Waals surface area contributed by atoms with Gasteiger partial charge in [-0.25, -0.2) is 4.98 Å². The van der Waals surface area contributed by atoms with Crippen molar-refractivity contribution in [2.75, 3.05) is 23.7 Å². The molecular formula is C14H22ClN3S. The molecule has 2 heterocycles. The zero-order chi connectivity index (χ0) is 13.8. The highest BCUT2D eigenvalue weighted by Gasteiger charge is 2.26. The van der Waals surface area contributed by atoms with E-state index < -0.39 is 0 Å². The average Bonchev–Trinajstić information content (AvgIpc) is 2.41. The summed E-state index contributed by atoms with van der Waals surface area (Å²) in [5.41, 5.74) is 1.13. The molecule has 0 radical (unpaired) electrons. The Kier molecular flexibility index (Phi) is 5.37. The van der Waals surface area contributed by atoms with E-state index in [0.29, 0.717) is 11.3 Å². The van der Waals surface area contributed by atoms with E-state index in [1.807, 2.05) is 11.8 Å². The Morgan fingerprint density at radius 2 is 2.32 bits per heavy atom. The van der Waals surface area contributed by atoms with E-state index in [4.69, 9.17) is 11.6 Å². The summed E-state index contributed by atoms with van der Waals surface area (Å²) in [5, 5.41) is 4.71. The quantitative estimate of drug-likeness (QED) is 0.924. The molecule has 0 bridgehead atoms. The van der Waals surface area contributed by atoms with Crippen molar-refractivity contribution in [3.63, 3.8) is 0 Å². The molecule has 0 aliphatic carbocycles. The van der Waals surface area contributed by atoms with Crippen molar-refractivity contribution in [1.29, 1.82) is 0 Å². The highest BCUT2D eigenvalue weighted by atomic mass is 35.5. The molecule has 1 saturated heterocycles. The Balaban J connectivity index is 2.19. The molecule has 1 aromatic heterocycles. The van der Waals surface area contributed by atoms with Crippen LogP contribution in [0.5, 0.6) is 0 Å². The minimum absolute atomic E-state index is 0.513. The maximum Gasteiger partial charge on any atom is 0.129 e. The second-order valence-corrected chi connectivity index (χ2v) is 6.82. The van der Waals surface area contributed by atoms with Crippen LogP contribution in [-0.2, 0) is 6.54 Å². The fourth-order valence-corrected chi connectivity index (χ4v) is 3.55. The number of nitrogens with one attached hydrogen (secondary N) is 1. The van der Waals surface area contributed by atoms with E-state index in [-0.39, 0.29) is 0 Å². The summed E-state index contributed by atoms with van der Waals surface area (Å²) in [6.07, 6.45) is 1.78. The van der Waals surface area contributed by atoms with Crippen molar-refractivity contribution < 1.29 is 0 Å². The van der Waals surface area contributed by atoms with Crippen molar-refractivity contribution in [3.05, 3.63) is 22.8 Å². The lowest BCUT2D eigenvalue weighted by Gasteiger charge is -2.38. The Morgan fingerprint density at radius 3 is 3.05 bits per heavy atom. The fraction of sp³-hybridized carbons (Fsp3) is 0.643.